The maximum Gasteiger partial charge on any atom is 0.188 e. The lowest BCUT2D eigenvalue weighted by atomic mass is 10.2. The quantitative estimate of drug-likeness (QED) is 0.295. The van der Waals surface area contributed by atoms with Crippen LogP contribution >= 0.6 is 11.6 Å². The molecule has 0 spiro atoms. The second-order valence-electron chi connectivity index (χ2n) is 3.00. The van der Waals surface area contributed by atoms with Crippen LogP contribution in [0.3, 0.4) is 0 Å². The summed E-state index contributed by atoms with van der Waals surface area (Å²) in [5.41, 5.74) is 2.12. The highest BCUT2D eigenvalue weighted by Crippen LogP contribution is 2.30. The number of nitriles is 2. The van der Waals surface area contributed by atoms with Gasteiger partial charge in [-0.1, -0.05) is 11.6 Å². The van der Waals surface area contributed by atoms with Gasteiger partial charge < -0.3 is 5.43 Å². The predicted molar refractivity (Wildman–Crippen MR) is 57.4 cm³/mol. The summed E-state index contributed by atoms with van der Waals surface area (Å²) < 4.78 is 52.6. The number of nitrogens with zero attached hydrogens (tertiary/aromatic N) is 2. The van der Waals surface area contributed by atoms with Gasteiger partial charge in [-0.2, -0.15) is 10.5 Å². The summed E-state index contributed by atoms with van der Waals surface area (Å²) >= 11 is 5.01. The molecule has 0 atom stereocenters. The molecule has 1 aromatic carbocycles. The van der Waals surface area contributed by atoms with Crippen molar-refractivity contribution in [1.29, 1.82) is 10.5 Å². The van der Waals surface area contributed by atoms with E-state index in [1.54, 1.807) is 5.43 Å². The summed E-state index contributed by atoms with van der Waals surface area (Å²) in [6, 6.07) is 2.88. The van der Waals surface area contributed by atoms with E-state index in [1.807, 2.05) is 5.43 Å². The Morgan fingerprint density at radius 2 is 1.47 bits per heavy atom. The first kappa shape index (κ1) is 14.6. The van der Waals surface area contributed by atoms with Crippen molar-refractivity contribution in [3.05, 3.63) is 40.1 Å². The molecule has 0 bridgehead atoms. The number of hydrogen-bond donors (Lipinski definition) is 2. The number of anilines is 1. The molecule has 0 aliphatic heterocycles. The van der Waals surface area contributed by atoms with E-state index in [2.05, 4.69) is 0 Å². The molecule has 4 nitrogen and oxygen atoms in total. The summed E-state index contributed by atoms with van der Waals surface area (Å²) in [5, 5.41) is 15.4. The molecule has 9 heteroatoms. The third kappa shape index (κ3) is 2.87. The summed E-state index contributed by atoms with van der Waals surface area (Å²) in [5.74, 6) is -7.04. The lowest BCUT2D eigenvalue weighted by molar-refractivity contribution is 0.458. The minimum absolute atomic E-state index is 0.428. The summed E-state index contributed by atoms with van der Waals surface area (Å²) in [6.07, 6.45) is 0.753. The van der Waals surface area contributed by atoms with Crippen LogP contribution in [0.1, 0.15) is 0 Å². The summed E-state index contributed by atoms with van der Waals surface area (Å²) in [4.78, 5) is 0. The highest BCUT2D eigenvalue weighted by Gasteiger charge is 2.24. The number of rotatable bonds is 3. The molecule has 0 amide bonds. The zero-order valence-electron chi connectivity index (χ0n) is 8.86. The number of hydrogen-bond acceptors (Lipinski definition) is 4. The molecule has 1 aromatic rings. The fourth-order valence-corrected chi connectivity index (χ4v) is 1.15. The first-order valence-corrected chi connectivity index (χ1v) is 4.85. The average Bonchev–Trinajstić information content (AvgIpc) is 2.42. The number of hydrazine groups is 1. The van der Waals surface area contributed by atoms with Crippen LogP contribution in [-0.2, 0) is 0 Å². The Balaban J connectivity index is 3.08. The Morgan fingerprint density at radius 1 is 1.00 bits per heavy atom. The molecular weight excluding hydrogens is 288 g/mol. The fraction of sp³-hybridized carbons (Fsp3) is 0. The molecular formula is C10H3ClF4N4. The molecule has 0 saturated heterocycles. The van der Waals surface area contributed by atoms with Gasteiger partial charge in [-0.05, 0) is 0 Å². The molecule has 2 N–H and O–H groups in total. The van der Waals surface area contributed by atoms with Crippen molar-refractivity contribution in [2.75, 3.05) is 5.43 Å². The normalized spacial score (nSPS) is 9.21. The Kier molecular flexibility index (Phi) is 4.56. The van der Waals surface area contributed by atoms with Gasteiger partial charge in [0.05, 0.1) is 0 Å². The Hall–Kier alpha value is -2.45. The molecule has 1 rings (SSSR count). The van der Waals surface area contributed by atoms with Gasteiger partial charge in [0, 0.05) is 6.20 Å². The van der Waals surface area contributed by atoms with Crippen LogP contribution in [0.25, 0.3) is 0 Å². The van der Waals surface area contributed by atoms with E-state index in [1.165, 1.54) is 12.1 Å². The van der Waals surface area contributed by atoms with E-state index in [0.717, 1.165) is 6.20 Å². The van der Waals surface area contributed by atoms with E-state index < -0.39 is 39.6 Å². The Labute approximate surface area is 109 Å². The highest BCUT2D eigenvalue weighted by atomic mass is 35.5. The topological polar surface area (TPSA) is 71.6 Å². The number of benzene rings is 1. The zero-order valence-corrected chi connectivity index (χ0v) is 9.62. The monoisotopic (exact) mass is 290 g/mol. The Bertz CT molecular complexity index is 585. The van der Waals surface area contributed by atoms with Crippen molar-refractivity contribution >= 4 is 17.3 Å². The van der Waals surface area contributed by atoms with E-state index in [4.69, 9.17) is 22.1 Å². The first-order chi connectivity index (χ1) is 8.93. The van der Waals surface area contributed by atoms with Gasteiger partial charge in [0.1, 0.15) is 28.4 Å². The molecule has 0 fully saturated rings. The van der Waals surface area contributed by atoms with Gasteiger partial charge in [-0.15, -0.1) is 0 Å². The third-order valence-corrected chi connectivity index (χ3v) is 2.20. The van der Waals surface area contributed by atoms with Gasteiger partial charge in [0.15, 0.2) is 23.3 Å². The SMILES string of the molecule is N#CC(C#N)=CNNc1c(F)c(F)c(Cl)c(F)c1F. The second kappa shape index (κ2) is 5.94. The van der Waals surface area contributed by atoms with Gasteiger partial charge in [0.2, 0.25) is 0 Å². The zero-order chi connectivity index (χ0) is 14.6. The molecule has 0 aliphatic carbocycles. The minimum Gasteiger partial charge on any atom is -0.306 e. The van der Waals surface area contributed by atoms with Crippen LogP contribution in [-0.4, -0.2) is 0 Å². The molecule has 0 saturated carbocycles. The largest absolute Gasteiger partial charge is 0.306 e. The lowest BCUT2D eigenvalue weighted by Gasteiger charge is -2.10. The molecule has 19 heavy (non-hydrogen) atoms. The van der Waals surface area contributed by atoms with Crippen molar-refractivity contribution in [3.63, 3.8) is 0 Å². The van der Waals surface area contributed by atoms with E-state index >= 15 is 0 Å². The van der Waals surface area contributed by atoms with Crippen LogP contribution in [0.4, 0.5) is 23.2 Å². The average molecular weight is 291 g/mol. The predicted octanol–water partition coefficient (Wildman–Crippen LogP) is 2.74. The fourth-order valence-electron chi connectivity index (χ4n) is 0.985. The van der Waals surface area contributed by atoms with Gasteiger partial charge in [-0.25, -0.2) is 17.6 Å². The highest BCUT2D eigenvalue weighted by molar-refractivity contribution is 6.31. The lowest BCUT2D eigenvalue weighted by Crippen LogP contribution is -2.19. The molecule has 0 heterocycles. The molecule has 0 aromatic heterocycles. The van der Waals surface area contributed by atoms with Crippen LogP contribution in [0.2, 0.25) is 5.02 Å². The molecule has 0 radical (unpaired) electrons. The maximum atomic E-state index is 13.3. The van der Waals surface area contributed by atoms with Gasteiger partial charge in [-0.3, -0.25) is 5.43 Å². The smallest absolute Gasteiger partial charge is 0.188 e. The van der Waals surface area contributed by atoms with E-state index in [0.29, 0.717) is 0 Å². The van der Waals surface area contributed by atoms with Gasteiger partial charge >= 0.3 is 0 Å². The maximum absolute atomic E-state index is 13.3. The van der Waals surface area contributed by atoms with E-state index in [9.17, 15) is 17.6 Å². The van der Waals surface area contributed by atoms with E-state index in [-0.39, 0.29) is 0 Å². The minimum atomic E-state index is -1.77. The first-order valence-electron chi connectivity index (χ1n) is 4.47. The van der Waals surface area contributed by atoms with Crippen LogP contribution in [0, 0.1) is 45.9 Å². The van der Waals surface area contributed by atoms with Crippen molar-refractivity contribution in [1.82, 2.24) is 5.43 Å². The van der Waals surface area contributed by atoms with Crippen molar-refractivity contribution in [3.8, 4) is 12.1 Å². The van der Waals surface area contributed by atoms with Gasteiger partial charge in [0.25, 0.3) is 0 Å². The summed E-state index contributed by atoms with van der Waals surface area (Å²) in [6.45, 7) is 0. The van der Waals surface area contributed by atoms with Crippen LogP contribution < -0.4 is 10.9 Å². The molecule has 0 unspecified atom stereocenters. The standard InChI is InChI=1S/C10H3ClF4N4/c11-5-6(12)8(14)10(9(15)7(5)13)19-18-3-4(1-16)2-17/h3,18-19H. The van der Waals surface area contributed by atoms with Crippen molar-refractivity contribution in [2.45, 2.75) is 0 Å². The molecule has 0 aliphatic rings. The van der Waals surface area contributed by atoms with Crippen LogP contribution in [0.5, 0.6) is 0 Å². The van der Waals surface area contributed by atoms with Crippen molar-refractivity contribution in [2.24, 2.45) is 0 Å². The number of halogens is 5. The van der Waals surface area contributed by atoms with Crippen LogP contribution in [0.15, 0.2) is 11.8 Å². The van der Waals surface area contributed by atoms with Crippen molar-refractivity contribution < 1.29 is 17.6 Å². The molecule has 98 valence electrons. The Morgan fingerprint density at radius 3 is 1.89 bits per heavy atom. The number of allylic oxidation sites excluding steroid dienone is 1. The number of nitrogens with one attached hydrogen (secondary N) is 2. The summed E-state index contributed by atoms with van der Waals surface area (Å²) in [7, 11) is 0. The second-order valence-corrected chi connectivity index (χ2v) is 3.37. The third-order valence-electron chi connectivity index (χ3n) is 1.86.